The normalized spacial score (nSPS) is 26.3. The van der Waals surface area contributed by atoms with Crippen LogP contribution in [0.3, 0.4) is 0 Å². The summed E-state index contributed by atoms with van der Waals surface area (Å²) in [7, 11) is 0. The quantitative estimate of drug-likeness (QED) is 0.0461. The largest absolute Gasteiger partial charge is 0.481 e. The minimum atomic E-state index is -2.24. The van der Waals surface area contributed by atoms with Crippen molar-refractivity contribution >= 4 is 151 Å². The third kappa shape index (κ3) is 32.3. The molecule has 150 heavy (non-hydrogen) atoms. The van der Waals surface area contributed by atoms with Crippen molar-refractivity contribution in [3.63, 3.8) is 0 Å². The molecule has 808 valence electrons. The van der Waals surface area contributed by atoms with Gasteiger partial charge < -0.3 is 114 Å². The van der Waals surface area contributed by atoms with Gasteiger partial charge in [0.05, 0.1) is 51.0 Å². The molecule has 5 aliphatic heterocycles. The number of amides is 16. The number of carbonyl (C=O) groups is 20. The molecule has 3 aromatic heterocycles. The Morgan fingerprint density at radius 2 is 1.16 bits per heavy atom. The third-order valence-electron chi connectivity index (χ3n) is 26.7. The van der Waals surface area contributed by atoms with Crippen molar-refractivity contribution in [1.29, 1.82) is 0 Å². The number of benzene rings is 3. The molecule has 45 nitrogen and oxygen atoms in total. The average Bonchev–Trinajstić information content (AvgIpc) is 1.63. The van der Waals surface area contributed by atoms with E-state index in [2.05, 4.69) is 79.4 Å². The number of aromatic nitrogens is 3. The summed E-state index contributed by atoms with van der Waals surface area (Å²) < 4.78 is 20.1. The van der Waals surface area contributed by atoms with E-state index in [0.717, 1.165) is 9.60 Å². The molecule has 18 N–H and O–H groups in total. The lowest BCUT2D eigenvalue weighted by Gasteiger charge is -2.38. The zero-order valence-electron chi connectivity index (χ0n) is 84.9. The van der Waals surface area contributed by atoms with E-state index in [1.807, 2.05) is 12.1 Å². The lowest BCUT2D eigenvalue weighted by Crippen LogP contribution is -2.66. The van der Waals surface area contributed by atoms with Gasteiger partial charge in [0, 0.05) is 56.9 Å². The van der Waals surface area contributed by atoms with Crippen molar-refractivity contribution in [3.05, 3.63) is 165 Å². The Hall–Kier alpha value is -14.9. The Balaban J connectivity index is 0.980. The van der Waals surface area contributed by atoms with Crippen molar-refractivity contribution in [2.45, 2.75) is 298 Å². The number of esters is 1. The maximum absolute atomic E-state index is 16.2. The first-order valence-electron chi connectivity index (χ1n) is 50.0. The molecular formula is C103H133N19O26S2. The number of nitrogens with one attached hydrogen (secondary N) is 13. The number of rotatable bonds is 17. The lowest BCUT2D eigenvalue weighted by atomic mass is 9.83. The first-order valence-corrected chi connectivity index (χ1v) is 51.8. The number of carboxylic acid groups (broad SMARTS) is 3. The van der Waals surface area contributed by atoms with Crippen LogP contribution in [-0.2, 0) is 139 Å². The van der Waals surface area contributed by atoms with Crippen LogP contribution >= 0.6 is 22.7 Å². The highest BCUT2D eigenvalue weighted by atomic mass is 32.1. The van der Waals surface area contributed by atoms with E-state index in [-0.39, 0.29) is 165 Å². The van der Waals surface area contributed by atoms with E-state index in [0.29, 0.717) is 28.5 Å². The molecule has 3 aromatic carbocycles. The molecule has 0 radical (unpaired) electrons. The number of thiophene rings is 2. The predicted octanol–water partition coefficient (Wildman–Crippen LogP) is 3.07. The number of carboxylic acids is 3. The SMILES string of the molecule is CC(=O)N1CCC[C@]12C/C=C\CCC[C@@]1(CCC/C=C\CCCOC(=O)N3CC[C@@]4(C3)NC(=O)[C@H](CCCCn3cc(nn3)COC[C@@H](C(=O)N[C@@H](C)C(N)=O)OC(=O)[C@H](Cc3csc5ccccc35)NC(=O)[C@H](Cc3ccsc3)NC4=O)NC(=O)[C@H](Cc3ccccc3)NC(=O)[C@H](C)NC(=O)C(C)(C)NC(=O)[C@H](Cc3cccc(C(=O)O)c3)NC(=O)[C@H](CC(=O)O)NC1=O)NC(=O)[C@H](CC(C)(C)C)NC(=O)[C@H](CC(=O)O)NC2=O. The molecule has 5 aliphatic rings. The summed E-state index contributed by atoms with van der Waals surface area (Å²) in [6.45, 7) is 9.41. The highest BCUT2D eigenvalue weighted by molar-refractivity contribution is 7.17. The zero-order valence-corrected chi connectivity index (χ0v) is 86.6. The Bertz CT molecular complexity index is 6000. The molecule has 16 amide bonds. The van der Waals surface area contributed by atoms with Crippen LogP contribution in [0.5, 0.6) is 0 Å². The fourth-order valence-corrected chi connectivity index (χ4v) is 20.1. The number of nitrogens with two attached hydrogens (primary N) is 1. The van der Waals surface area contributed by atoms with Gasteiger partial charge in [-0.3, -0.25) is 86.2 Å². The van der Waals surface area contributed by atoms with Gasteiger partial charge in [-0.1, -0.05) is 111 Å². The molecule has 2 saturated heterocycles. The molecule has 47 heteroatoms. The molecule has 8 heterocycles. The van der Waals surface area contributed by atoms with Gasteiger partial charge in [0.15, 0.2) is 0 Å². The Morgan fingerprint density at radius 3 is 1.83 bits per heavy atom. The van der Waals surface area contributed by atoms with E-state index in [4.69, 9.17) is 19.9 Å². The summed E-state index contributed by atoms with van der Waals surface area (Å²) in [5.74, 6) is -21.0. The molecule has 11 rings (SSSR count). The van der Waals surface area contributed by atoms with Crippen LogP contribution in [0.2, 0.25) is 0 Å². The second-order valence-electron chi connectivity index (χ2n) is 40.2. The molecule has 5 bridgehead atoms. The van der Waals surface area contributed by atoms with Crippen LogP contribution < -0.4 is 74.9 Å². The highest BCUT2D eigenvalue weighted by Gasteiger charge is 2.53. The van der Waals surface area contributed by atoms with Crippen LogP contribution in [0.25, 0.3) is 10.1 Å². The summed E-state index contributed by atoms with van der Waals surface area (Å²) in [5, 5.41) is 80.2. The number of allylic oxidation sites excluding steroid dienone is 3. The van der Waals surface area contributed by atoms with Gasteiger partial charge in [0.2, 0.25) is 88.8 Å². The summed E-state index contributed by atoms with van der Waals surface area (Å²) in [6.07, 6.45) is 1.45. The van der Waals surface area contributed by atoms with E-state index in [9.17, 15) is 68.1 Å². The Labute approximate surface area is 873 Å². The van der Waals surface area contributed by atoms with Gasteiger partial charge in [0.25, 0.3) is 5.91 Å². The summed E-state index contributed by atoms with van der Waals surface area (Å²) in [6, 6.07) is 5.31. The van der Waals surface area contributed by atoms with Crippen molar-refractivity contribution in [2.24, 2.45) is 11.1 Å². The second-order valence-corrected chi connectivity index (χ2v) is 41.9. The lowest BCUT2D eigenvalue weighted by molar-refractivity contribution is -0.163. The monoisotopic (exact) mass is 2120 g/mol. The van der Waals surface area contributed by atoms with Crippen LogP contribution in [0.15, 0.2) is 132 Å². The summed E-state index contributed by atoms with van der Waals surface area (Å²) in [4.78, 5) is 296. The minimum absolute atomic E-state index is 0.00353. The molecule has 0 saturated carbocycles. The fraction of sp³-hybridized carbons (Fsp3) is 0.515. The number of nitrogens with zero attached hydrogens (tertiary/aromatic N) is 5. The molecule has 2 fully saturated rings. The highest BCUT2D eigenvalue weighted by Crippen LogP contribution is 2.36. The van der Waals surface area contributed by atoms with Gasteiger partial charge in [0.1, 0.15) is 88.3 Å². The molecule has 14 atom stereocenters. The number of aliphatic carboxylic acids is 2. The van der Waals surface area contributed by atoms with Gasteiger partial charge in [-0.25, -0.2) is 14.4 Å². The number of primary amides is 1. The maximum atomic E-state index is 16.2. The fourth-order valence-electron chi connectivity index (χ4n) is 18.5. The third-order valence-corrected chi connectivity index (χ3v) is 28.4. The molecule has 6 aromatic rings. The van der Waals surface area contributed by atoms with Crippen molar-refractivity contribution in [2.75, 3.05) is 32.8 Å². The molecular weight excluding hydrogens is 1980 g/mol. The Kier molecular flexibility index (Phi) is 40.6. The van der Waals surface area contributed by atoms with Gasteiger partial charge in [-0.05, 0) is 204 Å². The summed E-state index contributed by atoms with van der Waals surface area (Å²) in [5.41, 5.74) is -1.94. The first kappa shape index (κ1) is 115. The van der Waals surface area contributed by atoms with Crippen LogP contribution in [0, 0.1) is 5.41 Å². The van der Waals surface area contributed by atoms with Crippen molar-refractivity contribution < 1.29 is 125 Å². The topological polar surface area (TPSA) is 649 Å². The van der Waals surface area contributed by atoms with Crippen molar-refractivity contribution in [3.8, 4) is 0 Å². The van der Waals surface area contributed by atoms with Gasteiger partial charge >= 0.3 is 30.0 Å². The van der Waals surface area contributed by atoms with Gasteiger partial charge in [-0.2, -0.15) is 11.3 Å². The van der Waals surface area contributed by atoms with E-state index < -0.39 is 245 Å². The minimum Gasteiger partial charge on any atom is -0.481 e. The number of aromatic carboxylic acids is 1. The number of ether oxygens (including phenoxy) is 3. The van der Waals surface area contributed by atoms with Crippen molar-refractivity contribution in [1.82, 2.24) is 93.9 Å². The smallest absolute Gasteiger partial charge is 0.409 e. The standard InChI is InChI=1S/C103H133N19O26S2/c1-60(82(104)128)105-91(137)78-56-146-55-68-54-121(119-118-68)41-24-20-33-70-88(134)117-102(96(143)112-72(49-65-35-45-149-57-65)85(131)110-76(93(140)148-78)50-67-58-150-79-34-19-18-32-69(67)79)40-43-120(59-102)98(145)147-44-25-14-10-9-11-21-36-101(37-22-12-13-23-38-103(39-27-42-122(103)62(3)123)97(144)114-75(52-81(126)127)87(133)111-77(90(136)116-101)53-99(4,5)6)95(142)113-74(51-80(124)125)86(132)109-73(48-64-30-26-31-66(46-64)92(138)139)89(135)115-100(7,8)94(141)106-61(2)83(129)108-71(84(130)107-70)47-63-28-16-15-17-29-63/h9-10,13,15-19,23,26,28-32,34-35,45-46,54,57-58,60-61,70-78H,11-12,14,20-22,24-25,27,33,36-44,47-53,55-56,59H2,1-8H3,(H2,104,128)(H,105,137)(H,106,141)(H,107,130)(H,108,129)(H,109,132)(H,110,131)(H,111,133)(H,112,143)(H,113,142)(H,114,144)(H,115,135)(H,116,136)(H,117,134)(H,124,125)(H,126,127)(H,138,139)/b10-9-,23-13-/t60-,61-,70-,71-,72-,73-,74-,75-,76-,77-,78-,101+,102-,103-/m0/s1. The van der Waals surface area contributed by atoms with E-state index in [1.54, 1.807) is 110 Å². The number of fused-ring (bicyclic) bond motifs is 6. The maximum Gasteiger partial charge on any atom is 0.409 e. The number of hydrogen-bond acceptors (Lipinski definition) is 27. The number of hydrogen-bond donors (Lipinski definition) is 17. The number of likely N-dealkylation sites (tertiary alicyclic amines) is 1. The molecule has 0 unspecified atom stereocenters. The number of aryl methyl sites for hydroxylation is 1. The van der Waals surface area contributed by atoms with E-state index in [1.165, 1.54) is 97.3 Å². The number of cyclic esters (lactones) is 2. The van der Waals surface area contributed by atoms with Crippen LogP contribution in [-0.4, -0.2) is 280 Å². The van der Waals surface area contributed by atoms with Gasteiger partial charge in [-0.15, -0.1) is 16.4 Å². The second kappa shape index (κ2) is 52.8. The molecule has 0 aliphatic carbocycles. The Morgan fingerprint density at radius 1 is 0.567 bits per heavy atom. The summed E-state index contributed by atoms with van der Waals surface area (Å²) >= 11 is 2.59. The van der Waals surface area contributed by atoms with Crippen LogP contribution in [0.4, 0.5) is 4.79 Å². The number of carbonyl (C=O) groups excluding carboxylic acids is 17. The molecule has 3 spiro atoms. The zero-order chi connectivity index (χ0) is 109. The predicted molar refractivity (Wildman–Crippen MR) is 543 cm³/mol. The first-order chi connectivity index (χ1) is 71.2. The van der Waals surface area contributed by atoms with E-state index >= 15 is 43.2 Å². The average molecular weight is 2120 g/mol. The van der Waals surface area contributed by atoms with Crippen LogP contribution in [0.1, 0.15) is 209 Å².